The van der Waals surface area contributed by atoms with Gasteiger partial charge in [-0.25, -0.2) is 4.98 Å². The van der Waals surface area contributed by atoms with Crippen molar-refractivity contribution >= 4 is 41.2 Å². The van der Waals surface area contributed by atoms with Crippen molar-refractivity contribution in [2.24, 2.45) is 10.7 Å². The van der Waals surface area contributed by atoms with Gasteiger partial charge in [-0.15, -0.1) is 0 Å². The van der Waals surface area contributed by atoms with Crippen LogP contribution in [-0.4, -0.2) is 46.7 Å². The Labute approximate surface area is 184 Å². The lowest BCUT2D eigenvalue weighted by Gasteiger charge is -2.11. The van der Waals surface area contributed by atoms with Crippen LogP contribution in [0.5, 0.6) is 5.88 Å². The minimum atomic E-state index is -0.864. The molecule has 0 bridgehead atoms. The van der Waals surface area contributed by atoms with Gasteiger partial charge in [0.15, 0.2) is 0 Å². The van der Waals surface area contributed by atoms with Gasteiger partial charge in [-0.1, -0.05) is 11.6 Å². The van der Waals surface area contributed by atoms with Crippen molar-refractivity contribution in [1.82, 2.24) is 4.98 Å². The van der Waals surface area contributed by atoms with Crippen LogP contribution >= 0.6 is 11.6 Å². The van der Waals surface area contributed by atoms with Gasteiger partial charge in [0, 0.05) is 42.2 Å². The van der Waals surface area contributed by atoms with E-state index in [1.54, 1.807) is 18.2 Å². The number of halogens is 1. The smallest absolute Gasteiger partial charge is 0.303 e. The van der Waals surface area contributed by atoms with Crippen LogP contribution in [0.2, 0.25) is 5.02 Å². The molecule has 1 heterocycles. The Hall–Kier alpha value is -3.46. The molecule has 0 radical (unpaired) electrons. The third-order valence-electron chi connectivity index (χ3n) is 4.01. The number of aromatic nitrogens is 1. The number of hydrogen-bond donors (Lipinski definition) is 4. The number of nitrogens with zero attached hydrogens (tertiary/aromatic N) is 2. The van der Waals surface area contributed by atoms with E-state index >= 15 is 0 Å². The van der Waals surface area contributed by atoms with Gasteiger partial charge in [-0.3, -0.25) is 9.59 Å². The summed E-state index contributed by atoms with van der Waals surface area (Å²) in [5.41, 5.74) is 7.79. The summed E-state index contributed by atoms with van der Waals surface area (Å²) in [6.07, 6.45) is 2.84. The van der Waals surface area contributed by atoms with Crippen LogP contribution in [0.15, 0.2) is 35.5 Å². The van der Waals surface area contributed by atoms with Crippen LogP contribution in [0.3, 0.4) is 0 Å². The number of rotatable bonds is 10. The van der Waals surface area contributed by atoms with E-state index in [1.807, 2.05) is 13.8 Å². The highest BCUT2D eigenvalue weighted by atomic mass is 35.5. The predicted molar refractivity (Wildman–Crippen MR) is 120 cm³/mol. The zero-order valence-electron chi connectivity index (χ0n) is 17.2. The summed E-state index contributed by atoms with van der Waals surface area (Å²) in [6, 6.07) is 6.38. The number of pyridine rings is 1. The van der Waals surface area contributed by atoms with Gasteiger partial charge < -0.3 is 26.3 Å². The van der Waals surface area contributed by atoms with Gasteiger partial charge >= 0.3 is 5.97 Å². The molecule has 1 aromatic heterocycles. The van der Waals surface area contributed by atoms with E-state index in [2.05, 4.69) is 15.3 Å². The molecule has 31 heavy (non-hydrogen) atoms. The molecule has 0 aliphatic heterocycles. The maximum Gasteiger partial charge on any atom is 0.303 e. The van der Waals surface area contributed by atoms with E-state index in [-0.39, 0.29) is 34.8 Å². The van der Waals surface area contributed by atoms with Gasteiger partial charge in [0.25, 0.3) is 5.91 Å². The predicted octanol–water partition coefficient (Wildman–Crippen LogP) is 3.34. The van der Waals surface area contributed by atoms with E-state index in [4.69, 9.17) is 32.6 Å². The first-order chi connectivity index (χ1) is 14.7. The van der Waals surface area contributed by atoms with Crippen molar-refractivity contribution < 1.29 is 19.4 Å². The van der Waals surface area contributed by atoms with Crippen molar-refractivity contribution in [2.45, 2.75) is 32.8 Å². The number of aliphatic imine (C=N–C) groups is 1. The first-order valence-corrected chi connectivity index (χ1v) is 9.90. The zero-order valence-corrected chi connectivity index (χ0v) is 17.9. The molecule has 1 amide bonds. The number of nitrogens with one attached hydrogen (secondary N) is 2. The second kappa shape index (κ2) is 11.1. The summed E-state index contributed by atoms with van der Waals surface area (Å²) in [6.45, 7) is 4.11. The molecule has 0 unspecified atom stereocenters. The topological polar surface area (TPSA) is 151 Å². The number of amides is 1. The average Bonchev–Trinajstić information content (AvgIpc) is 2.72. The summed E-state index contributed by atoms with van der Waals surface area (Å²) in [5, 5.41) is 19.6. The van der Waals surface area contributed by atoms with Crippen LogP contribution in [0.25, 0.3) is 0 Å². The molecule has 0 atom stereocenters. The second-order valence-electron chi connectivity index (χ2n) is 6.85. The summed E-state index contributed by atoms with van der Waals surface area (Å²) in [7, 11) is 0. The second-order valence-corrected chi connectivity index (χ2v) is 7.26. The summed E-state index contributed by atoms with van der Waals surface area (Å²) in [5.74, 6) is -1.27. The number of nitrogens with two attached hydrogens (primary N) is 1. The van der Waals surface area contributed by atoms with Gasteiger partial charge in [0.1, 0.15) is 10.9 Å². The Morgan fingerprint density at radius 1 is 1.35 bits per heavy atom. The van der Waals surface area contributed by atoms with E-state index in [0.717, 1.165) is 6.21 Å². The summed E-state index contributed by atoms with van der Waals surface area (Å²) < 4.78 is 5.44. The molecule has 0 aliphatic rings. The van der Waals surface area contributed by atoms with Crippen molar-refractivity contribution in [3.8, 4) is 5.88 Å². The lowest BCUT2D eigenvalue weighted by atomic mass is 10.1. The maximum absolute atomic E-state index is 12.5. The highest BCUT2D eigenvalue weighted by molar-refractivity contribution is 6.32. The molecule has 164 valence electrons. The minimum Gasteiger partial charge on any atom is -0.481 e. The normalized spacial score (nSPS) is 11.3. The molecule has 0 saturated heterocycles. The Kier molecular flexibility index (Phi) is 8.51. The van der Waals surface area contributed by atoms with E-state index in [9.17, 15) is 9.59 Å². The molecule has 0 aliphatic carbocycles. The van der Waals surface area contributed by atoms with E-state index < -0.39 is 11.9 Å². The molecule has 9 nitrogen and oxygen atoms in total. The van der Waals surface area contributed by atoms with Crippen LogP contribution in [-0.2, 0) is 4.79 Å². The molecular formula is C21H24ClN5O4. The standard InChI is InChI=1S/C21H24ClN5O4/c1-12(2)31-21-16(22)9-15(11-26-21)20(30)27-19(24)13-5-6-17(14(8-13)10-23)25-7-3-4-18(28)29/h5-6,8-12,23,25H,3-4,7H2,1-2H3,(H,28,29)(H2,24,27,30). The van der Waals surface area contributed by atoms with Gasteiger partial charge in [0.05, 0.1) is 11.7 Å². The third kappa shape index (κ3) is 7.07. The number of benzene rings is 1. The summed E-state index contributed by atoms with van der Waals surface area (Å²) in [4.78, 5) is 31.0. The monoisotopic (exact) mass is 445 g/mol. The number of carboxylic acids is 1. The van der Waals surface area contributed by atoms with Gasteiger partial charge in [0.2, 0.25) is 5.88 Å². The minimum absolute atomic E-state index is 0.0239. The van der Waals surface area contributed by atoms with E-state index in [0.29, 0.717) is 29.8 Å². The van der Waals surface area contributed by atoms with Crippen LogP contribution in [0.4, 0.5) is 5.69 Å². The zero-order chi connectivity index (χ0) is 23.0. The highest BCUT2D eigenvalue weighted by Crippen LogP contribution is 2.24. The lowest BCUT2D eigenvalue weighted by molar-refractivity contribution is -0.137. The maximum atomic E-state index is 12.5. The Morgan fingerprint density at radius 2 is 2.10 bits per heavy atom. The number of carboxylic acid groups (broad SMARTS) is 1. The fourth-order valence-electron chi connectivity index (χ4n) is 2.56. The first kappa shape index (κ1) is 23.8. The molecule has 2 rings (SSSR count). The SMILES string of the molecule is CC(C)Oc1ncc(C(=O)N=C(N)c2ccc(NCCCC(=O)O)c(C=N)c2)cc1Cl. The Morgan fingerprint density at radius 3 is 2.71 bits per heavy atom. The van der Waals surface area contributed by atoms with Gasteiger partial charge in [-0.05, 0) is 44.5 Å². The number of hydrogen-bond acceptors (Lipinski definition) is 6. The molecule has 2 aromatic rings. The number of amidine groups is 1. The molecule has 5 N–H and O–H groups in total. The summed E-state index contributed by atoms with van der Waals surface area (Å²) >= 11 is 6.11. The molecule has 1 aromatic carbocycles. The molecule has 0 fully saturated rings. The fourth-order valence-corrected chi connectivity index (χ4v) is 2.77. The van der Waals surface area contributed by atoms with Crippen LogP contribution in [0, 0.1) is 5.41 Å². The largest absolute Gasteiger partial charge is 0.481 e. The molecule has 0 saturated carbocycles. The van der Waals surface area contributed by atoms with Crippen LogP contribution in [0.1, 0.15) is 48.2 Å². The molecule has 10 heteroatoms. The highest BCUT2D eigenvalue weighted by Gasteiger charge is 2.13. The average molecular weight is 446 g/mol. The third-order valence-corrected chi connectivity index (χ3v) is 4.28. The number of aliphatic carboxylic acids is 1. The fraction of sp³-hybridized carbons (Fsp3) is 0.286. The number of carbonyl (C=O) groups excluding carboxylic acids is 1. The molecular weight excluding hydrogens is 422 g/mol. The van der Waals surface area contributed by atoms with E-state index in [1.165, 1.54) is 12.3 Å². The Balaban J connectivity index is 2.15. The number of anilines is 1. The van der Waals surface area contributed by atoms with Crippen molar-refractivity contribution in [2.75, 3.05) is 11.9 Å². The first-order valence-electron chi connectivity index (χ1n) is 9.52. The van der Waals surface area contributed by atoms with Crippen molar-refractivity contribution in [3.05, 3.63) is 52.2 Å². The number of carbonyl (C=O) groups is 2. The van der Waals surface area contributed by atoms with Crippen molar-refractivity contribution in [3.63, 3.8) is 0 Å². The lowest BCUT2D eigenvalue weighted by Crippen LogP contribution is -2.17. The Bertz CT molecular complexity index is 1010. The quantitative estimate of drug-likeness (QED) is 0.248. The molecule has 0 spiro atoms. The van der Waals surface area contributed by atoms with Crippen molar-refractivity contribution in [1.29, 1.82) is 5.41 Å². The van der Waals surface area contributed by atoms with Crippen LogP contribution < -0.4 is 15.8 Å². The number of ether oxygens (including phenoxy) is 1. The van der Waals surface area contributed by atoms with Gasteiger partial charge in [-0.2, -0.15) is 4.99 Å².